The van der Waals surface area contributed by atoms with E-state index >= 15 is 0 Å². The molecule has 0 aliphatic rings. The summed E-state index contributed by atoms with van der Waals surface area (Å²) in [5, 5.41) is 3.52. The number of anilines is 1. The van der Waals surface area contributed by atoms with E-state index in [1.54, 1.807) is 7.11 Å². The molecule has 0 aliphatic carbocycles. The third kappa shape index (κ3) is 5.72. The van der Waals surface area contributed by atoms with Crippen LogP contribution in [0.4, 0.5) is 5.69 Å². The van der Waals surface area contributed by atoms with Crippen LogP contribution in [0.25, 0.3) is 0 Å². The average molecular weight is 277 g/mol. The van der Waals surface area contributed by atoms with Gasteiger partial charge in [-0.25, -0.2) is 0 Å². The highest BCUT2D eigenvalue weighted by atomic mass is 16.5. The van der Waals surface area contributed by atoms with Gasteiger partial charge < -0.3 is 15.0 Å². The topological polar surface area (TPSA) is 37.4 Å². The minimum Gasteiger partial charge on any atom is -0.383 e. The number of nitrogens with one attached hydrogen (secondary N) is 1. The van der Waals surface area contributed by atoms with Crippen molar-refractivity contribution in [2.24, 2.45) is 0 Å². The highest BCUT2D eigenvalue weighted by molar-refractivity contribution is 5.52. The molecule has 0 atom stereocenters. The molecule has 0 fully saturated rings. The molecule has 20 heavy (non-hydrogen) atoms. The zero-order valence-electron chi connectivity index (χ0n) is 13.1. The molecule has 0 saturated heterocycles. The van der Waals surface area contributed by atoms with Gasteiger partial charge >= 0.3 is 0 Å². The van der Waals surface area contributed by atoms with Crippen molar-refractivity contribution in [1.29, 1.82) is 0 Å². The summed E-state index contributed by atoms with van der Waals surface area (Å²) in [4.78, 5) is 6.50. The van der Waals surface area contributed by atoms with Crippen molar-refractivity contribution in [3.05, 3.63) is 36.7 Å². The van der Waals surface area contributed by atoms with Crippen LogP contribution in [0.3, 0.4) is 0 Å². The van der Waals surface area contributed by atoms with E-state index in [0.717, 1.165) is 25.3 Å². The number of hydrogen-bond donors (Lipinski definition) is 1. The molecule has 4 heteroatoms. The van der Waals surface area contributed by atoms with E-state index < -0.39 is 0 Å². The van der Waals surface area contributed by atoms with E-state index in [2.05, 4.69) is 48.6 Å². The second-order valence-electron chi connectivity index (χ2n) is 5.84. The largest absolute Gasteiger partial charge is 0.383 e. The van der Waals surface area contributed by atoms with Gasteiger partial charge in [-0.15, -0.1) is 6.58 Å². The van der Waals surface area contributed by atoms with Crippen molar-refractivity contribution in [2.75, 3.05) is 31.7 Å². The van der Waals surface area contributed by atoms with E-state index in [4.69, 9.17) is 4.74 Å². The fourth-order valence-electron chi connectivity index (χ4n) is 1.88. The average Bonchev–Trinajstić information content (AvgIpc) is 2.41. The number of aromatic nitrogens is 1. The van der Waals surface area contributed by atoms with Crippen LogP contribution >= 0.6 is 0 Å². The van der Waals surface area contributed by atoms with Gasteiger partial charge in [0.2, 0.25) is 0 Å². The fraction of sp³-hybridized carbons (Fsp3) is 0.562. The van der Waals surface area contributed by atoms with Crippen molar-refractivity contribution in [2.45, 2.75) is 32.9 Å². The number of pyridine rings is 1. The molecule has 0 spiro atoms. The second-order valence-corrected chi connectivity index (χ2v) is 5.84. The standard InChI is InChI=1S/C16H27N3O/c1-6-9-19(10-11-20-5)15-13-17-8-7-14(15)12-18-16(2,3)4/h6-8,13,18H,1,9-12H2,2-5H3. The molecule has 1 aromatic heterocycles. The van der Waals surface area contributed by atoms with Crippen LogP contribution in [0.1, 0.15) is 26.3 Å². The Balaban J connectivity index is 2.87. The van der Waals surface area contributed by atoms with Gasteiger partial charge in [-0.3, -0.25) is 4.98 Å². The summed E-state index contributed by atoms with van der Waals surface area (Å²) >= 11 is 0. The van der Waals surface area contributed by atoms with Crippen molar-refractivity contribution >= 4 is 5.69 Å². The van der Waals surface area contributed by atoms with Crippen LogP contribution in [0.15, 0.2) is 31.1 Å². The van der Waals surface area contributed by atoms with Gasteiger partial charge in [0.25, 0.3) is 0 Å². The van der Waals surface area contributed by atoms with Crippen LogP contribution in [0.2, 0.25) is 0 Å². The summed E-state index contributed by atoms with van der Waals surface area (Å²) < 4.78 is 5.18. The van der Waals surface area contributed by atoms with Crippen LogP contribution in [-0.2, 0) is 11.3 Å². The maximum absolute atomic E-state index is 5.18. The molecule has 0 aromatic carbocycles. The van der Waals surface area contributed by atoms with Gasteiger partial charge in [0, 0.05) is 38.5 Å². The predicted octanol–water partition coefficient (Wildman–Crippen LogP) is 2.61. The quantitative estimate of drug-likeness (QED) is 0.741. The zero-order chi connectivity index (χ0) is 15.0. The lowest BCUT2D eigenvalue weighted by atomic mass is 10.1. The first kappa shape index (κ1) is 16.7. The molecule has 4 nitrogen and oxygen atoms in total. The first-order valence-corrected chi connectivity index (χ1v) is 7.00. The first-order chi connectivity index (χ1) is 9.48. The third-order valence-corrected chi connectivity index (χ3v) is 2.95. The van der Waals surface area contributed by atoms with Crippen LogP contribution in [0, 0.1) is 0 Å². The predicted molar refractivity (Wildman–Crippen MR) is 85.1 cm³/mol. The summed E-state index contributed by atoms with van der Waals surface area (Å²) in [6, 6.07) is 2.07. The Hall–Kier alpha value is -1.39. The van der Waals surface area contributed by atoms with E-state index in [-0.39, 0.29) is 5.54 Å². The third-order valence-electron chi connectivity index (χ3n) is 2.95. The fourth-order valence-corrected chi connectivity index (χ4v) is 1.88. The van der Waals surface area contributed by atoms with Crippen molar-refractivity contribution in [1.82, 2.24) is 10.3 Å². The summed E-state index contributed by atoms with van der Waals surface area (Å²) in [5.41, 5.74) is 2.48. The Morgan fingerprint density at radius 2 is 2.20 bits per heavy atom. The van der Waals surface area contributed by atoms with Gasteiger partial charge in [0.15, 0.2) is 0 Å². The minimum atomic E-state index is 0.0936. The maximum Gasteiger partial charge on any atom is 0.0637 e. The molecule has 0 radical (unpaired) electrons. The Labute approximate surface area is 122 Å². The van der Waals surface area contributed by atoms with Gasteiger partial charge in [-0.2, -0.15) is 0 Å². The first-order valence-electron chi connectivity index (χ1n) is 7.00. The lowest BCUT2D eigenvalue weighted by molar-refractivity contribution is 0.205. The van der Waals surface area contributed by atoms with Crippen LogP contribution in [-0.4, -0.2) is 37.3 Å². The van der Waals surface area contributed by atoms with Crippen molar-refractivity contribution < 1.29 is 4.74 Å². The molecule has 0 bridgehead atoms. The molecule has 0 unspecified atom stereocenters. The van der Waals surface area contributed by atoms with E-state index in [0.29, 0.717) is 6.61 Å². The lowest BCUT2D eigenvalue weighted by Gasteiger charge is -2.27. The lowest BCUT2D eigenvalue weighted by Crippen LogP contribution is -2.36. The van der Waals surface area contributed by atoms with Crippen molar-refractivity contribution in [3.63, 3.8) is 0 Å². The Morgan fingerprint density at radius 1 is 1.45 bits per heavy atom. The Kier molecular flexibility index (Phi) is 6.68. The highest BCUT2D eigenvalue weighted by Crippen LogP contribution is 2.19. The van der Waals surface area contributed by atoms with Crippen molar-refractivity contribution in [3.8, 4) is 0 Å². The molecule has 1 aromatic rings. The van der Waals surface area contributed by atoms with E-state index in [1.165, 1.54) is 5.56 Å². The minimum absolute atomic E-state index is 0.0936. The normalized spacial score (nSPS) is 11.4. The number of rotatable bonds is 8. The number of methoxy groups -OCH3 is 1. The SMILES string of the molecule is C=CCN(CCOC)c1cnccc1CNC(C)(C)C. The van der Waals surface area contributed by atoms with E-state index in [1.807, 2.05) is 18.5 Å². The molecule has 1 heterocycles. The number of nitrogens with zero attached hydrogens (tertiary/aromatic N) is 2. The van der Waals surface area contributed by atoms with Gasteiger partial charge in [0.05, 0.1) is 18.5 Å². The molecule has 0 amide bonds. The molecular formula is C16H27N3O. The molecule has 1 N–H and O–H groups in total. The summed E-state index contributed by atoms with van der Waals surface area (Å²) in [7, 11) is 1.72. The molecule has 0 saturated carbocycles. The van der Waals surface area contributed by atoms with Gasteiger partial charge in [-0.1, -0.05) is 6.08 Å². The van der Waals surface area contributed by atoms with Crippen LogP contribution in [0.5, 0.6) is 0 Å². The smallest absolute Gasteiger partial charge is 0.0637 e. The van der Waals surface area contributed by atoms with E-state index in [9.17, 15) is 0 Å². The van der Waals surface area contributed by atoms with Crippen LogP contribution < -0.4 is 10.2 Å². The molecular weight excluding hydrogens is 250 g/mol. The number of ether oxygens (including phenoxy) is 1. The highest BCUT2D eigenvalue weighted by Gasteiger charge is 2.13. The molecule has 0 aliphatic heterocycles. The number of hydrogen-bond acceptors (Lipinski definition) is 4. The molecule has 112 valence electrons. The Morgan fingerprint density at radius 3 is 2.80 bits per heavy atom. The Bertz CT molecular complexity index is 412. The van der Waals surface area contributed by atoms with Gasteiger partial charge in [0.1, 0.15) is 0 Å². The monoisotopic (exact) mass is 277 g/mol. The zero-order valence-corrected chi connectivity index (χ0v) is 13.1. The summed E-state index contributed by atoms with van der Waals surface area (Å²) in [5.74, 6) is 0. The van der Waals surface area contributed by atoms with Gasteiger partial charge in [-0.05, 0) is 32.4 Å². The molecule has 1 rings (SSSR count). The summed E-state index contributed by atoms with van der Waals surface area (Å²) in [6.45, 7) is 13.5. The maximum atomic E-state index is 5.18. The second kappa shape index (κ2) is 8.02. The summed E-state index contributed by atoms with van der Waals surface area (Å²) in [6.07, 6.45) is 5.66.